The molecule has 27 heavy (non-hydrogen) atoms. The number of rotatable bonds is 4. The molecular weight excluding hydrogens is 343 g/mol. The minimum absolute atomic E-state index is 0.128. The number of aliphatic hydroxyl groups excluding tert-OH is 1. The Bertz CT molecular complexity index is 769. The maximum atomic E-state index is 14.1. The van der Waals surface area contributed by atoms with Gasteiger partial charge in [0.2, 0.25) is 0 Å². The van der Waals surface area contributed by atoms with Gasteiger partial charge in [-0.1, -0.05) is 19.1 Å². The van der Waals surface area contributed by atoms with E-state index >= 15 is 0 Å². The third-order valence-corrected chi connectivity index (χ3v) is 5.96. The van der Waals surface area contributed by atoms with Crippen molar-refractivity contribution in [3.8, 4) is 0 Å². The van der Waals surface area contributed by atoms with Gasteiger partial charge in [-0.2, -0.15) is 5.10 Å². The summed E-state index contributed by atoms with van der Waals surface area (Å²) in [6, 6.07) is 9.66. The van der Waals surface area contributed by atoms with E-state index in [-0.39, 0.29) is 5.82 Å². The zero-order chi connectivity index (χ0) is 18.8. The second-order valence-corrected chi connectivity index (χ2v) is 7.70. The van der Waals surface area contributed by atoms with Gasteiger partial charge in [-0.15, -0.1) is 0 Å². The van der Waals surface area contributed by atoms with E-state index in [2.05, 4.69) is 25.6 Å². The summed E-state index contributed by atoms with van der Waals surface area (Å²) in [5, 5.41) is 14.7. The summed E-state index contributed by atoms with van der Waals surface area (Å²) in [6.07, 6.45) is 3.39. The monoisotopic (exact) mass is 372 g/mol. The number of piperidine rings is 1. The normalized spacial score (nSPS) is 20.3. The number of para-hydroxylation sites is 1. The Kier molecular flexibility index (Phi) is 5.45. The van der Waals surface area contributed by atoms with Gasteiger partial charge in [0, 0.05) is 38.8 Å². The molecule has 1 fully saturated rings. The summed E-state index contributed by atoms with van der Waals surface area (Å²) in [5.74, 6) is -0.128. The number of benzene rings is 1. The number of aryl methyl sites for hydroxylation is 1. The Labute approximate surface area is 160 Å². The van der Waals surface area contributed by atoms with Crippen molar-refractivity contribution in [2.24, 2.45) is 0 Å². The summed E-state index contributed by atoms with van der Waals surface area (Å²) in [6.45, 7) is 6.62. The highest BCUT2D eigenvalue weighted by Crippen LogP contribution is 2.27. The lowest BCUT2D eigenvalue weighted by Gasteiger charge is -2.39. The Morgan fingerprint density at radius 3 is 2.70 bits per heavy atom. The maximum absolute atomic E-state index is 14.1. The summed E-state index contributed by atoms with van der Waals surface area (Å²) < 4.78 is 16.1. The molecule has 0 unspecified atom stereocenters. The molecule has 2 aromatic rings. The smallest absolute Gasteiger partial charge is 0.146 e. The Hall–Kier alpha value is -1.92. The number of aromatic nitrogens is 2. The van der Waals surface area contributed by atoms with Crippen LogP contribution in [0.15, 0.2) is 30.3 Å². The fraction of sp³-hybridized carbons (Fsp3) is 0.571. The summed E-state index contributed by atoms with van der Waals surface area (Å²) >= 11 is 0. The van der Waals surface area contributed by atoms with Gasteiger partial charge in [-0.05, 0) is 43.9 Å². The van der Waals surface area contributed by atoms with Crippen molar-refractivity contribution in [2.45, 2.75) is 57.8 Å². The molecule has 1 atom stereocenters. The fourth-order valence-corrected chi connectivity index (χ4v) is 4.37. The van der Waals surface area contributed by atoms with Crippen LogP contribution in [0.3, 0.4) is 0 Å². The van der Waals surface area contributed by atoms with Gasteiger partial charge in [-0.25, -0.2) is 4.39 Å². The molecule has 2 aliphatic rings. The minimum atomic E-state index is -0.470. The van der Waals surface area contributed by atoms with Crippen LogP contribution in [0.1, 0.15) is 50.1 Å². The van der Waals surface area contributed by atoms with E-state index in [1.807, 2.05) is 19.1 Å². The quantitative estimate of drug-likeness (QED) is 0.894. The highest BCUT2D eigenvalue weighted by molar-refractivity contribution is 5.47. The summed E-state index contributed by atoms with van der Waals surface area (Å²) in [5.41, 5.74) is 2.72. The first-order valence-corrected chi connectivity index (χ1v) is 10.1. The van der Waals surface area contributed by atoms with Crippen LogP contribution in [0.25, 0.3) is 0 Å². The lowest BCUT2D eigenvalue weighted by atomic mass is 10.0. The van der Waals surface area contributed by atoms with Crippen LogP contribution in [-0.4, -0.2) is 45.5 Å². The number of fused-ring (bicyclic) bond motifs is 1. The van der Waals surface area contributed by atoms with E-state index in [1.54, 1.807) is 12.1 Å². The average molecular weight is 372 g/mol. The van der Waals surface area contributed by atoms with Gasteiger partial charge in [0.1, 0.15) is 5.82 Å². The predicted octanol–water partition coefficient (Wildman–Crippen LogP) is 3.34. The number of nitrogens with zero attached hydrogens (tertiary/aromatic N) is 4. The standard InChI is InChI=1S/C21H29FN4O/c1-2-21(27)19-14-17-15-25(10-5-11-26(17)23-19)16-8-12-24(13-9-16)20-7-4-3-6-18(20)22/h3-4,6-7,14,16,21,27H,2,5,8-13,15H2,1H3/t21-/m1/s1. The third kappa shape index (κ3) is 3.87. The minimum Gasteiger partial charge on any atom is -0.387 e. The molecule has 146 valence electrons. The van der Waals surface area contributed by atoms with Crippen molar-refractivity contribution in [3.05, 3.63) is 47.5 Å². The van der Waals surface area contributed by atoms with Crippen molar-refractivity contribution in [1.29, 1.82) is 0 Å². The van der Waals surface area contributed by atoms with Gasteiger partial charge in [0.25, 0.3) is 0 Å². The zero-order valence-corrected chi connectivity index (χ0v) is 16.0. The lowest BCUT2D eigenvalue weighted by molar-refractivity contribution is 0.161. The van der Waals surface area contributed by atoms with Gasteiger partial charge >= 0.3 is 0 Å². The molecule has 5 nitrogen and oxygen atoms in total. The molecule has 1 aromatic carbocycles. The molecule has 3 heterocycles. The van der Waals surface area contributed by atoms with Crippen molar-refractivity contribution in [2.75, 3.05) is 24.5 Å². The molecule has 0 bridgehead atoms. The van der Waals surface area contributed by atoms with Crippen molar-refractivity contribution < 1.29 is 9.50 Å². The van der Waals surface area contributed by atoms with E-state index in [4.69, 9.17) is 0 Å². The van der Waals surface area contributed by atoms with E-state index < -0.39 is 6.10 Å². The second-order valence-electron chi connectivity index (χ2n) is 7.70. The highest BCUT2D eigenvalue weighted by Gasteiger charge is 2.28. The highest BCUT2D eigenvalue weighted by atomic mass is 19.1. The van der Waals surface area contributed by atoms with Gasteiger partial charge < -0.3 is 10.0 Å². The molecule has 0 spiro atoms. The number of hydrogen-bond donors (Lipinski definition) is 1. The number of hydrogen-bond acceptors (Lipinski definition) is 4. The van der Waals surface area contributed by atoms with Crippen LogP contribution < -0.4 is 4.90 Å². The topological polar surface area (TPSA) is 44.5 Å². The summed E-state index contributed by atoms with van der Waals surface area (Å²) in [7, 11) is 0. The van der Waals surface area contributed by atoms with E-state index in [0.29, 0.717) is 12.5 Å². The molecule has 1 N–H and O–H groups in total. The Morgan fingerprint density at radius 2 is 1.96 bits per heavy atom. The van der Waals surface area contributed by atoms with Crippen LogP contribution in [-0.2, 0) is 13.1 Å². The molecule has 0 saturated carbocycles. The van der Waals surface area contributed by atoms with E-state index in [1.165, 1.54) is 5.69 Å². The van der Waals surface area contributed by atoms with E-state index in [9.17, 15) is 9.50 Å². The van der Waals surface area contributed by atoms with Crippen LogP contribution in [0, 0.1) is 5.82 Å². The second kappa shape index (κ2) is 7.98. The number of anilines is 1. The van der Waals surface area contributed by atoms with Gasteiger partial charge in [-0.3, -0.25) is 9.58 Å². The molecule has 0 aliphatic carbocycles. The Morgan fingerprint density at radius 1 is 1.19 bits per heavy atom. The first-order valence-electron chi connectivity index (χ1n) is 10.1. The molecule has 1 saturated heterocycles. The maximum Gasteiger partial charge on any atom is 0.146 e. The number of halogens is 1. The molecule has 4 rings (SSSR count). The SMILES string of the molecule is CC[C@@H](O)c1cc2n(n1)CCCN(C1CCN(c3ccccc3F)CC1)C2. The van der Waals surface area contributed by atoms with Crippen LogP contribution >= 0.6 is 0 Å². The predicted molar refractivity (Wildman–Crippen MR) is 104 cm³/mol. The first-order chi connectivity index (χ1) is 13.2. The lowest BCUT2D eigenvalue weighted by Crippen LogP contribution is -2.45. The van der Waals surface area contributed by atoms with Crippen molar-refractivity contribution >= 4 is 5.69 Å². The number of aliphatic hydroxyl groups is 1. The molecule has 1 aromatic heterocycles. The van der Waals surface area contributed by atoms with Crippen molar-refractivity contribution in [3.63, 3.8) is 0 Å². The van der Waals surface area contributed by atoms with E-state index in [0.717, 1.165) is 63.4 Å². The van der Waals surface area contributed by atoms with Crippen LogP contribution in [0.2, 0.25) is 0 Å². The fourth-order valence-electron chi connectivity index (χ4n) is 4.37. The molecule has 0 radical (unpaired) electrons. The van der Waals surface area contributed by atoms with Crippen LogP contribution in [0.4, 0.5) is 10.1 Å². The Balaban J connectivity index is 1.41. The molecule has 6 heteroatoms. The largest absolute Gasteiger partial charge is 0.387 e. The average Bonchev–Trinajstić information content (AvgIpc) is 2.99. The van der Waals surface area contributed by atoms with Gasteiger partial charge in [0.15, 0.2) is 0 Å². The molecular formula is C21H29FN4O. The third-order valence-electron chi connectivity index (χ3n) is 5.96. The summed E-state index contributed by atoms with van der Waals surface area (Å²) in [4.78, 5) is 4.73. The van der Waals surface area contributed by atoms with Crippen molar-refractivity contribution in [1.82, 2.24) is 14.7 Å². The van der Waals surface area contributed by atoms with Crippen LogP contribution in [0.5, 0.6) is 0 Å². The first kappa shape index (κ1) is 18.4. The van der Waals surface area contributed by atoms with Gasteiger partial charge in [0.05, 0.1) is 23.2 Å². The molecule has 2 aliphatic heterocycles. The molecule has 0 amide bonds. The zero-order valence-electron chi connectivity index (χ0n) is 16.0.